The lowest BCUT2D eigenvalue weighted by Crippen LogP contribution is -2.24. The number of fused-ring (bicyclic) bond motifs is 1. The average Bonchev–Trinajstić information content (AvgIpc) is 3.13. The largest absolute Gasteiger partial charge is 0.476 e. The predicted octanol–water partition coefficient (Wildman–Crippen LogP) is 3.00. The molecule has 0 aliphatic heterocycles. The van der Waals surface area contributed by atoms with Crippen molar-refractivity contribution in [1.29, 1.82) is 0 Å². The number of carbonyl (C=O) groups excluding carboxylic acids is 1. The van der Waals surface area contributed by atoms with Crippen molar-refractivity contribution in [1.82, 2.24) is 10.3 Å². The number of nitrogens with one attached hydrogen (secondary N) is 1. The molecule has 1 amide bonds. The van der Waals surface area contributed by atoms with E-state index >= 15 is 0 Å². The Morgan fingerprint density at radius 2 is 2.30 bits per heavy atom. The van der Waals surface area contributed by atoms with Crippen molar-refractivity contribution >= 4 is 34.6 Å². The number of rotatable bonds is 5. The molecule has 2 aromatic rings. The highest BCUT2D eigenvalue weighted by Crippen LogP contribution is 2.32. The smallest absolute Gasteiger partial charge is 0.355 e. The van der Waals surface area contributed by atoms with E-state index < -0.39 is 5.97 Å². The average molecular weight is 350 g/mol. The Kier molecular flexibility index (Phi) is 4.77. The number of hydrogen-bond acceptors (Lipinski definition) is 5. The van der Waals surface area contributed by atoms with E-state index in [2.05, 4.69) is 17.2 Å². The van der Waals surface area contributed by atoms with Gasteiger partial charge in [-0.05, 0) is 36.8 Å². The van der Waals surface area contributed by atoms with Crippen LogP contribution >= 0.6 is 22.7 Å². The van der Waals surface area contributed by atoms with Gasteiger partial charge in [-0.25, -0.2) is 9.78 Å². The highest BCUT2D eigenvalue weighted by molar-refractivity contribution is 7.14. The number of aromatic nitrogens is 1. The molecule has 0 saturated heterocycles. The van der Waals surface area contributed by atoms with Crippen LogP contribution in [0.15, 0.2) is 11.4 Å². The summed E-state index contributed by atoms with van der Waals surface area (Å²) >= 11 is 2.90. The topological polar surface area (TPSA) is 79.3 Å². The molecule has 2 N–H and O–H groups in total. The molecule has 7 heteroatoms. The molecule has 23 heavy (non-hydrogen) atoms. The van der Waals surface area contributed by atoms with Gasteiger partial charge < -0.3 is 10.4 Å². The third kappa shape index (κ3) is 3.79. The number of aromatic carboxylic acids is 1. The van der Waals surface area contributed by atoms with Crippen molar-refractivity contribution < 1.29 is 14.7 Å². The van der Waals surface area contributed by atoms with Gasteiger partial charge in [-0.15, -0.1) is 22.7 Å². The third-order valence-corrected chi connectivity index (χ3v) is 6.09. The molecule has 5 nitrogen and oxygen atoms in total. The molecule has 1 aliphatic carbocycles. The van der Waals surface area contributed by atoms with Crippen molar-refractivity contribution in [2.24, 2.45) is 5.92 Å². The number of thiophene rings is 1. The van der Waals surface area contributed by atoms with E-state index in [0.29, 0.717) is 18.9 Å². The molecule has 122 valence electrons. The van der Waals surface area contributed by atoms with Crippen LogP contribution in [0, 0.1) is 5.92 Å². The van der Waals surface area contributed by atoms with Crippen LogP contribution in [-0.4, -0.2) is 28.5 Å². The molecule has 0 aromatic carbocycles. The predicted molar refractivity (Wildman–Crippen MR) is 90.6 cm³/mol. The zero-order valence-electron chi connectivity index (χ0n) is 12.8. The summed E-state index contributed by atoms with van der Waals surface area (Å²) in [6.07, 6.45) is 3.89. The summed E-state index contributed by atoms with van der Waals surface area (Å²) < 4.78 is 0. The van der Waals surface area contributed by atoms with Crippen LogP contribution in [0.4, 0.5) is 0 Å². The summed E-state index contributed by atoms with van der Waals surface area (Å²) in [6, 6.07) is 2.02. The van der Waals surface area contributed by atoms with Gasteiger partial charge >= 0.3 is 5.97 Å². The Hall–Kier alpha value is -1.73. The number of carboxylic acid groups (broad SMARTS) is 1. The summed E-state index contributed by atoms with van der Waals surface area (Å²) in [5, 5.41) is 14.0. The van der Waals surface area contributed by atoms with Crippen LogP contribution in [0.25, 0.3) is 0 Å². The molecule has 1 aliphatic rings. The van der Waals surface area contributed by atoms with Crippen LogP contribution in [0.5, 0.6) is 0 Å². The van der Waals surface area contributed by atoms with Crippen molar-refractivity contribution in [2.45, 2.75) is 32.6 Å². The Morgan fingerprint density at radius 3 is 3.04 bits per heavy atom. The highest BCUT2D eigenvalue weighted by atomic mass is 32.1. The highest BCUT2D eigenvalue weighted by Gasteiger charge is 2.20. The molecule has 0 saturated carbocycles. The van der Waals surface area contributed by atoms with Crippen LogP contribution in [0.3, 0.4) is 0 Å². The van der Waals surface area contributed by atoms with Crippen LogP contribution in [-0.2, 0) is 19.3 Å². The van der Waals surface area contributed by atoms with Gasteiger partial charge in [0.15, 0.2) is 5.69 Å². The summed E-state index contributed by atoms with van der Waals surface area (Å²) in [7, 11) is 0. The number of carboxylic acids is 1. The third-order valence-electron chi connectivity index (χ3n) is 3.95. The first-order chi connectivity index (χ1) is 11.0. The van der Waals surface area contributed by atoms with Gasteiger partial charge in [0.2, 0.25) is 0 Å². The normalized spacial score (nSPS) is 16.8. The van der Waals surface area contributed by atoms with Gasteiger partial charge in [0, 0.05) is 23.2 Å². The van der Waals surface area contributed by atoms with E-state index in [9.17, 15) is 9.59 Å². The lowest BCUT2D eigenvalue weighted by Gasteiger charge is -2.16. The summed E-state index contributed by atoms with van der Waals surface area (Å²) in [5.41, 5.74) is 1.39. The molecule has 1 unspecified atom stereocenters. The fourth-order valence-corrected chi connectivity index (χ4v) is 4.61. The van der Waals surface area contributed by atoms with Gasteiger partial charge in [-0.3, -0.25) is 4.79 Å². The quantitative estimate of drug-likeness (QED) is 0.869. The maximum atomic E-state index is 12.2. The second-order valence-electron chi connectivity index (χ2n) is 5.84. The second-order valence-corrected chi connectivity index (χ2v) is 7.92. The molecule has 1 atom stereocenters. The number of aryl methyl sites for hydroxylation is 1. The summed E-state index contributed by atoms with van der Waals surface area (Å²) in [5.74, 6) is -0.372. The van der Waals surface area contributed by atoms with E-state index in [0.717, 1.165) is 22.7 Å². The number of carbonyl (C=O) groups is 2. The van der Waals surface area contributed by atoms with E-state index in [4.69, 9.17) is 5.11 Å². The zero-order chi connectivity index (χ0) is 16.4. The lowest BCUT2D eigenvalue weighted by molar-refractivity contribution is 0.0690. The van der Waals surface area contributed by atoms with Gasteiger partial charge in [0.05, 0.1) is 9.88 Å². The van der Waals surface area contributed by atoms with Crippen molar-refractivity contribution in [3.8, 4) is 0 Å². The second kappa shape index (κ2) is 6.80. The van der Waals surface area contributed by atoms with Crippen molar-refractivity contribution in [3.63, 3.8) is 0 Å². The number of nitrogens with zero attached hydrogens (tertiary/aromatic N) is 1. The molecule has 0 radical (unpaired) electrons. The number of thiazole rings is 1. The molecule has 0 fully saturated rings. The first-order valence-electron chi connectivity index (χ1n) is 7.60. The molecule has 2 heterocycles. The fraction of sp³-hybridized carbons (Fsp3) is 0.438. The minimum absolute atomic E-state index is 0.0490. The Morgan fingerprint density at radius 1 is 1.48 bits per heavy atom. The van der Waals surface area contributed by atoms with Crippen LogP contribution in [0.2, 0.25) is 0 Å². The molecular weight excluding hydrogens is 332 g/mol. The Labute approximate surface area is 142 Å². The number of amides is 1. The first kappa shape index (κ1) is 16.1. The van der Waals surface area contributed by atoms with Crippen molar-refractivity contribution in [3.05, 3.63) is 37.5 Å². The standard InChI is InChI=1S/C16H18N2O3S2/c1-9-2-3-12-10(6-9)7-13(23-12)15(19)17-5-4-14-18-11(8-22-14)16(20)21/h7-9H,2-6H2,1H3,(H,17,19)(H,20,21). The molecule has 2 aromatic heterocycles. The van der Waals surface area contributed by atoms with E-state index in [1.807, 2.05) is 6.07 Å². The maximum absolute atomic E-state index is 12.2. The minimum atomic E-state index is -1.02. The minimum Gasteiger partial charge on any atom is -0.476 e. The molecule has 0 spiro atoms. The molecule has 0 bridgehead atoms. The summed E-state index contributed by atoms with van der Waals surface area (Å²) in [6.45, 7) is 2.71. The zero-order valence-corrected chi connectivity index (χ0v) is 14.4. The SMILES string of the molecule is CC1CCc2sc(C(=O)NCCc3nc(C(=O)O)cs3)cc2C1. The van der Waals surface area contributed by atoms with E-state index in [1.54, 1.807) is 11.3 Å². The first-order valence-corrected chi connectivity index (χ1v) is 9.30. The monoisotopic (exact) mass is 350 g/mol. The van der Waals surface area contributed by atoms with Gasteiger partial charge in [-0.2, -0.15) is 0 Å². The van der Waals surface area contributed by atoms with Gasteiger partial charge in [-0.1, -0.05) is 6.92 Å². The van der Waals surface area contributed by atoms with Crippen LogP contribution < -0.4 is 5.32 Å². The fourth-order valence-electron chi connectivity index (χ4n) is 2.71. The lowest BCUT2D eigenvalue weighted by atomic mass is 9.90. The number of hydrogen-bond donors (Lipinski definition) is 2. The van der Waals surface area contributed by atoms with E-state index in [-0.39, 0.29) is 11.6 Å². The molecule has 3 rings (SSSR count). The van der Waals surface area contributed by atoms with Gasteiger partial charge in [0.1, 0.15) is 0 Å². The van der Waals surface area contributed by atoms with Gasteiger partial charge in [0.25, 0.3) is 5.91 Å². The van der Waals surface area contributed by atoms with Crippen LogP contribution in [0.1, 0.15) is 49.0 Å². The Balaban J connectivity index is 1.54. The van der Waals surface area contributed by atoms with Crippen molar-refractivity contribution in [2.75, 3.05) is 6.54 Å². The Bertz CT molecular complexity index is 736. The summed E-state index contributed by atoms with van der Waals surface area (Å²) in [4.78, 5) is 29.1. The maximum Gasteiger partial charge on any atom is 0.355 e. The molecular formula is C16H18N2O3S2. The van der Waals surface area contributed by atoms with E-state index in [1.165, 1.54) is 33.6 Å².